The number of benzene rings is 2. The number of carbonyl (C=O) groups is 1. The molecule has 1 aliphatic heterocycles. The number of nitrogens with zero attached hydrogens (tertiary/aromatic N) is 2. The number of nitriles is 1. The average molecular weight is 509 g/mol. The molecule has 1 saturated heterocycles. The van der Waals surface area contributed by atoms with Gasteiger partial charge in [-0.3, -0.25) is 4.79 Å². The predicted octanol–water partition coefficient (Wildman–Crippen LogP) is 6.51. The molecule has 0 amide bonds. The monoisotopic (exact) mass is 508 g/mol. The van der Waals surface area contributed by atoms with Crippen molar-refractivity contribution in [3.63, 3.8) is 0 Å². The quantitative estimate of drug-likeness (QED) is 0.411. The van der Waals surface area contributed by atoms with Gasteiger partial charge in [-0.25, -0.2) is 0 Å². The maximum absolute atomic E-state index is 13.3. The van der Waals surface area contributed by atoms with E-state index in [4.69, 9.17) is 21.6 Å². The third-order valence-electron chi connectivity index (χ3n) is 8.56. The Morgan fingerprint density at radius 3 is 2.31 bits per heavy atom. The third-order valence-corrected chi connectivity index (χ3v) is 8.87. The molecule has 1 saturated carbocycles. The predicted molar refractivity (Wildman–Crippen MR) is 144 cm³/mol. The van der Waals surface area contributed by atoms with Gasteiger partial charge in [-0.15, -0.1) is 0 Å². The lowest BCUT2D eigenvalue weighted by atomic mass is 9.44. The Balaban J connectivity index is 1.38. The van der Waals surface area contributed by atoms with E-state index in [0.29, 0.717) is 28.7 Å². The van der Waals surface area contributed by atoms with Gasteiger partial charge in [-0.05, 0) is 67.5 Å². The Kier molecular flexibility index (Phi) is 7.69. The van der Waals surface area contributed by atoms with Crippen molar-refractivity contribution in [1.29, 1.82) is 5.26 Å². The van der Waals surface area contributed by atoms with Crippen molar-refractivity contribution in [2.75, 3.05) is 24.6 Å². The average Bonchev–Trinajstić information content (AvgIpc) is 2.86. The lowest BCUT2D eigenvalue weighted by molar-refractivity contribution is -0.196. The molecule has 0 unspecified atom stereocenters. The van der Waals surface area contributed by atoms with Crippen LogP contribution in [0, 0.1) is 34.0 Å². The summed E-state index contributed by atoms with van der Waals surface area (Å²) < 4.78 is 6.36. The highest BCUT2D eigenvalue weighted by Crippen LogP contribution is 2.61. The molecule has 192 valence electrons. The largest absolute Gasteiger partial charge is 0.489 e. The van der Waals surface area contributed by atoms with Crippen LogP contribution in [0.4, 0.5) is 5.69 Å². The lowest BCUT2D eigenvalue weighted by Crippen LogP contribution is -2.66. The second-order valence-electron chi connectivity index (χ2n) is 11.6. The molecule has 2 aromatic carbocycles. The van der Waals surface area contributed by atoms with Crippen LogP contribution in [0.3, 0.4) is 0 Å². The van der Waals surface area contributed by atoms with Gasteiger partial charge in [0.15, 0.2) is 5.78 Å². The van der Waals surface area contributed by atoms with Crippen molar-refractivity contribution < 1.29 is 14.6 Å². The molecule has 4 rings (SSSR count). The second kappa shape index (κ2) is 10.4. The first kappa shape index (κ1) is 26.5. The number of piperidine rings is 1. The molecule has 6 heteroatoms. The first-order chi connectivity index (χ1) is 17.1. The fraction of sp³-hybridized carbons (Fsp3) is 0.533. The van der Waals surface area contributed by atoms with Crippen molar-refractivity contribution in [3.8, 4) is 11.8 Å². The highest BCUT2D eigenvalue weighted by atomic mass is 35.5. The van der Waals surface area contributed by atoms with Crippen molar-refractivity contribution in [1.82, 2.24) is 0 Å². The maximum Gasteiger partial charge on any atom is 0.163 e. The highest BCUT2D eigenvalue weighted by molar-refractivity contribution is 6.31. The van der Waals surface area contributed by atoms with Crippen LogP contribution in [0.1, 0.15) is 69.3 Å². The van der Waals surface area contributed by atoms with Crippen molar-refractivity contribution >= 4 is 23.1 Å². The Bertz CT molecular complexity index is 1110. The van der Waals surface area contributed by atoms with Gasteiger partial charge in [0.05, 0.1) is 10.6 Å². The molecule has 0 aromatic heterocycles. The molecular weight excluding hydrogens is 472 g/mol. The lowest BCUT2D eigenvalue weighted by Gasteiger charge is -2.63. The van der Waals surface area contributed by atoms with E-state index >= 15 is 0 Å². The summed E-state index contributed by atoms with van der Waals surface area (Å²) in [6.07, 6.45) is 3.49. The van der Waals surface area contributed by atoms with E-state index in [1.54, 1.807) is 18.2 Å². The molecule has 2 aromatic rings. The van der Waals surface area contributed by atoms with Crippen LogP contribution in [0.25, 0.3) is 0 Å². The molecule has 0 spiro atoms. The Hall–Kier alpha value is -2.55. The van der Waals surface area contributed by atoms with E-state index < -0.39 is 0 Å². The number of Topliss-reactive ketones (excluding diaryl/α,β-unsaturated/α-hetero) is 1. The molecule has 1 aliphatic carbocycles. The van der Waals surface area contributed by atoms with Gasteiger partial charge in [0.2, 0.25) is 0 Å². The molecule has 36 heavy (non-hydrogen) atoms. The number of anilines is 1. The number of rotatable bonds is 8. The Morgan fingerprint density at radius 1 is 1.11 bits per heavy atom. The van der Waals surface area contributed by atoms with E-state index in [0.717, 1.165) is 43.6 Å². The molecule has 1 N–H and O–H groups in total. The minimum Gasteiger partial charge on any atom is -0.489 e. The molecule has 5 nitrogen and oxygen atoms in total. The van der Waals surface area contributed by atoms with Gasteiger partial charge in [0.25, 0.3) is 0 Å². The SMILES string of the molecule is CC1(C)C(CC(=O)c2ccc(N3CCC(CCO)CC3)cc2)C(C)(C)C1Oc1ccc(C#N)c(Cl)c1. The number of carbonyl (C=O) groups excluding carboxylic acids is 1. The summed E-state index contributed by atoms with van der Waals surface area (Å²) in [7, 11) is 0. The Labute approximate surface area is 220 Å². The summed E-state index contributed by atoms with van der Waals surface area (Å²) in [5.41, 5.74) is 1.95. The first-order valence-electron chi connectivity index (χ1n) is 12.9. The van der Waals surface area contributed by atoms with Gasteiger partial charge in [0, 0.05) is 54.3 Å². The normalized spacial score (nSPS) is 23.0. The van der Waals surface area contributed by atoms with E-state index in [9.17, 15) is 9.90 Å². The summed E-state index contributed by atoms with van der Waals surface area (Å²) in [5.74, 6) is 1.59. The third kappa shape index (κ3) is 5.12. The number of ether oxygens (including phenoxy) is 1. The summed E-state index contributed by atoms with van der Waals surface area (Å²) in [6.45, 7) is 10.9. The molecule has 0 atom stereocenters. The molecular formula is C30H37ClN2O3. The number of hydrogen-bond donors (Lipinski definition) is 1. The zero-order valence-corrected chi connectivity index (χ0v) is 22.5. The van der Waals surface area contributed by atoms with Gasteiger partial charge < -0.3 is 14.7 Å². The van der Waals surface area contributed by atoms with Gasteiger partial charge in [-0.2, -0.15) is 5.26 Å². The smallest absolute Gasteiger partial charge is 0.163 e. The Morgan fingerprint density at radius 2 is 1.75 bits per heavy atom. The van der Waals surface area contributed by atoms with Crippen LogP contribution in [-0.4, -0.2) is 36.7 Å². The second-order valence-corrected chi connectivity index (χ2v) is 12.0. The standard InChI is InChI=1S/C30H37ClN2O3/c1-29(2)27(30(3,4)28(29)36-24-10-7-22(19-32)25(31)17-24)18-26(35)21-5-8-23(9-6-21)33-14-11-20(12-15-33)13-16-34/h5-10,17,20,27-28,34H,11-16,18H2,1-4H3. The molecule has 0 radical (unpaired) electrons. The number of aliphatic hydroxyl groups excluding tert-OH is 1. The van der Waals surface area contributed by atoms with Crippen molar-refractivity contribution in [2.24, 2.45) is 22.7 Å². The number of ketones is 1. The van der Waals surface area contributed by atoms with Crippen LogP contribution in [0.2, 0.25) is 5.02 Å². The van der Waals surface area contributed by atoms with Crippen molar-refractivity contribution in [2.45, 2.75) is 59.5 Å². The maximum atomic E-state index is 13.3. The van der Waals surface area contributed by atoms with Crippen LogP contribution < -0.4 is 9.64 Å². The van der Waals surface area contributed by atoms with Gasteiger partial charge in [-0.1, -0.05) is 39.3 Å². The van der Waals surface area contributed by atoms with Gasteiger partial charge in [0.1, 0.15) is 17.9 Å². The van der Waals surface area contributed by atoms with E-state index in [1.807, 2.05) is 12.1 Å². The number of halogens is 1. The van der Waals surface area contributed by atoms with Crippen molar-refractivity contribution in [3.05, 3.63) is 58.6 Å². The summed E-state index contributed by atoms with van der Waals surface area (Å²) in [6, 6.07) is 15.3. The van der Waals surface area contributed by atoms with E-state index in [-0.39, 0.29) is 35.2 Å². The number of hydrogen-bond acceptors (Lipinski definition) is 5. The number of aliphatic hydroxyl groups is 1. The van der Waals surface area contributed by atoms with Crippen LogP contribution in [0.15, 0.2) is 42.5 Å². The minimum absolute atomic E-state index is 0.0806. The van der Waals surface area contributed by atoms with E-state index in [2.05, 4.69) is 50.8 Å². The molecule has 1 heterocycles. The zero-order valence-electron chi connectivity index (χ0n) is 21.8. The highest BCUT2D eigenvalue weighted by Gasteiger charge is 2.63. The van der Waals surface area contributed by atoms with Crippen LogP contribution in [0.5, 0.6) is 5.75 Å². The van der Waals surface area contributed by atoms with Gasteiger partial charge >= 0.3 is 0 Å². The fourth-order valence-corrected chi connectivity index (χ4v) is 6.85. The molecule has 2 fully saturated rings. The fourth-order valence-electron chi connectivity index (χ4n) is 6.64. The zero-order chi connectivity index (χ0) is 26.1. The molecule has 2 aliphatic rings. The summed E-state index contributed by atoms with van der Waals surface area (Å²) in [5, 5.41) is 18.7. The summed E-state index contributed by atoms with van der Waals surface area (Å²) in [4.78, 5) is 15.7. The van der Waals surface area contributed by atoms with Crippen LogP contribution in [-0.2, 0) is 0 Å². The van der Waals surface area contributed by atoms with E-state index in [1.165, 1.54) is 0 Å². The minimum atomic E-state index is -0.196. The first-order valence-corrected chi connectivity index (χ1v) is 13.3. The van der Waals surface area contributed by atoms with Crippen LogP contribution >= 0.6 is 11.6 Å². The topological polar surface area (TPSA) is 73.6 Å². The molecule has 0 bridgehead atoms. The summed E-state index contributed by atoms with van der Waals surface area (Å²) >= 11 is 6.20.